The largest absolute Gasteiger partial charge is 2.00 e. The molecule has 0 amide bonds. The van der Waals surface area contributed by atoms with E-state index in [0.29, 0.717) is 0 Å². The van der Waals surface area contributed by atoms with Gasteiger partial charge in [-0.05, 0) is 0 Å². The number of rotatable bonds is 0. The minimum Gasteiger partial charge on any atom is -0.344 e. The van der Waals surface area contributed by atoms with Crippen LogP contribution in [-0.2, 0) is 17.1 Å². The quantitative estimate of drug-likeness (QED) is 0.376. The van der Waals surface area contributed by atoms with Crippen molar-refractivity contribution in [1.82, 2.24) is 12.3 Å². The van der Waals surface area contributed by atoms with Gasteiger partial charge in [-0.1, -0.05) is 0 Å². The van der Waals surface area contributed by atoms with Crippen molar-refractivity contribution >= 4 is 0 Å². The molecule has 0 saturated heterocycles. The fourth-order valence-corrected chi connectivity index (χ4v) is 0. The standard InChI is InChI=1S/C2H4.Cu.2H3N/c1-2;;;/h1-2H2;;2*1H3/q;+2;;. The summed E-state index contributed by atoms with van der Waals surface area (Å²) in [4.78, 5) is 0. The van der Waals surface area contributed by atoms with Crippen molar-refractivity contribution in [1.29, 1.82) is 0 Å². The molecule has 0 saturated carbocycles. The predicted octanol–water partition coefficient (Wildman–Crippen LogP) is 1.12. The van der Waals surface area contributed by atoms with Crippen LogP contribution < -0.4 is 12.3 Å². The first-order chi connectivity index (χ1) is 1.00. The summed E-state index contributed by atoms with van der Waals surface area (Å²) in [5, 5.41) is 0. The molecule has 1 radical (unpaired) electrons. The summed E-state index contributed by atoms with van der Waals surface area (Å²) in [7, 11) is 0. The summed E-state index contributed by atoms with van der Waals surface area (Å²) in [6, 6.07) is 0. The van der Waals surface area contributed by atoms with E-state index in [-0.39, 0.29) is 29.4 Å². The SMILES string of the molecule is C=C.N.N.[Cu+2]. The molecule has 0 aliphatic rings. The van der Waals surface area contributed by atoms with Gasteiger partial charge >= 0.3 is 17.1 Å². The van der Waals surface area contributed by atoms with Crippen LogP contribution in [0.25, 0.3) is 0 Å². The molecule has 0 bridgehead atoms. The molecule has 0 heterocycles. The molecule has 37 valence electrons. The third-order valence-corrected chi connectivity index (χ3v) is 0. The van der Waals surface area contributed by atoms with Gasteiger partial charge in [0.05, 0.1) is 0 Å². The first-order valence-electron chi connectivity index (χ1n) is 0.500. The molecule has 3 heteroatoms. The van der Waals surface area contributed by atoms with Gasteiger partial charge in [0.25, 0.3) is 0 Å². The van der Waals surface area contributed by atoms with Gasteiger partial charge in [0.2, 0.25) is 0 Å². The van der Waals surface area contributed by atoms with Crippen LogP contribution in [0.2, 0.25) is 0 Å². The minimum atomic E-state index is 0. The molecule has 0 aromatic heterocycles. The molecular formula is C2H10CuN2+2. The van der Waals surface area contributed by atoms with Crippen molar-refractivity contribution in [3.63, 3.8) is 0 Å². The van der Waals surface area contributed by atoms with E-state index in [2.05, 4.69) is 13.2 Å². The molecule has 0 atom stereocenters. The molecule has 0 unspecified atom stereocenters. The fraction of sp³-hybridized carbons (Fsp3) is 0. The van der Waals surface area contributed by atoms with Crippen LogP contribution in [-0.4, -0.2) is 0 Å². The Morgan fingerprint density at radius 1 is 0.800 bits per heavy atom. The molecular weight excluding hydrogens is 116 g/mol. The van der Waals surface area contributed by atoms with Gasteiger partial charge in [-0.15, -0.1) is 13.2 Å². The van der Waals surface area contributed by atoms with E-state index >= 15 is 0 Å². The molecule has 6 N–H and O–H groups in total. The predicted molar refractivity (Wildman–Crippen MR) is 21.3 cm³/mol. The van der Waals surface area contributed by atoms with Crippen molar-refractivity contribution in [2.75, 3.05) is 0 Å². The Morgan fingerprint density at radius 3 is 0.800 bits per heavy atom. The summed E-state index contributed by atoms with van der Waals surface area (Å²) in [5.74, 6) is 0. The zero-order valence-corrected chi connectivity index (χ0v) is 4.07. The molecule has 0 aromatic carbocycles. The average molecular weight is 126 g/mol. The second-order valence-corrected chi connectivity index (χ2v) is 0. The summed E-state index contributed by atoms with van der Waals surface area (Å²) in [6.07, 6.45) is 0. The smallest absolute Gasteiger partial charge is 0.344 e. The monoisotopic (exact) mass is 125 g/mol. The van der Waals surface area contributed by atoms with Crippen LogP contribution in [0.3, 0.4) is 0 Å². The van der Waals surface area contributed by atoms with Crippen LogP contribution in [0.15, 0.2) is 13.2 Å². The van der Waals surface area contributed by atoms with E-state index in [1.54, 1.807) is 0 Å². The molecule has 0 aromatic rings. The van der Waals surface area contributed by atoms with Gasteiger partial charge in [0, 0.05) is 0 Å². The molecule has 5 heavy (non-hydrogen) atoms. The molecule has 0 aliphatic carbocycles. The molecule has 0 aliphatic heterocycles. The molecule has 0 fully saturated rings. The van der Waals surface area contributed by atoms with Crippen LogP contribution in [0, 0.1) is 0 Å². The minimum absolute atomic E-state index is 0. The summed E-state index contributed by atoms with van der Waals surface area (Å²) >= 11 is 0. The van der Waals surface area contributed by atoms with Crippen LogP contribution in [0.5, 0.6) is 0 Å². The van der Waals surface area contributed by atoms with Crippen molar-refractivity contribution in [3.05, 3.63) is 13.2 Å². The Balaban J connectivity index is -0.00000000167. The second-order valence-electron chi connectivity index (χ2n) is 0. The number of hydrogen-bond donors (Lipinski definition) is 2. The third-order valence-electron chi connectivity index (χ3n) is 0. The first kappa shape index (κ1) is 65.0. The van der Waals surface area contributed by atoms with E-state index in [9.17, 15) is 0 Å². The zero-order valence-electron chi connectivity index (χ0n) is 3.13. The number of hydrogen-bond acceptors (Lipinski definition) is 2. The maximum atomic E-state index is 3.00. The van der Waals surface area contributed by atoms with Gasteiger partial charge in [0.1, 0.15) is 0 Å². The third kappa shape index (κ3) is 616. The van der Waals surface area contributed by atoms with E-state index in [0.717, 1.165) is 0 Å². The summed E-state index contributed by atoms with van der Waals surface area (Å²) in [6.45, 7) is 6.00. The van der Waals surface area contributed by atoms with Gasteiger partial charge in [-0.3, -0.25) is 0 Å². The first-order valence-corrected chi connectivity index (χ1v) is 0.500. The summed E-state index contributed by atoms with van der Waals surface area (Å²) in [5.41, 5.74) is 0. The summed E-state index contributed by atoms with van der Waals surface area (Å²) < 4.78 is 0. The van der Waals surface area contributed by atoms with Crippen LogP contribution in [0.4, 0.5) is 0 Å². The topological polar surface area (TPSA) is 70.0 Å². The molecule has 0 spiro atoms. The average Bonchev–Trinajstić information content (AvgIpc) is 1.00. The van der Waals surface area contributed by atoms with E-state index in [4.69, 9.17) is 0 Å². The Hall–Kier alpha value is 0.179. The van der Waals surface area contributed by atoms with Crippen molar-refractivity contribution in [3.8, 4) is 0 Å². The Bertz CT molecular complexity index is 7.61. The van der Waals surface area contributed by atoms with Crippen molar-refractivity contribution < 1.29 is 17.1 Å². The van der Waals surface area contributed by atoms with Gasteiger partial charge in [0.15, 0.2) is 0 Å². The van der Waals surface area contributed by atoms with Crippen molar-refractivity contribution in [2.45, 2.75) is 0 Å². The van der Waals surface area contributed by atoms with E-state index in [1.807, 2.05) is 0 Å². The van der Waals surface area contributed by atoms with Crippen LogP contribution in [0.1, 0.15) is 0 Å². The Kier molecular flexibility index (Phi) is 17100. The fourth-order valence-electron chi connectivity index (χ4n) is 0. The second kappa shape index (κ2) is 1310. The molecule has 2 nitrogen and oxygen atoms in total. The normalized spacial score (nSPS) is 0.800. The van der Waals surface area contributed by atoms with E-state index in [1.165, 1.54) is 0 Å². The zero-order chi connectivity index (χ0) is 2.00. The van der Waals surface area contributed by atoms with E-state index < -0.39 is 0 Å². The van der Waals surface area contributed by atoms with Gasteiger partial charge < -0.3 is 12.3 Å². The van der Waals surface area contributed by atoms with Crippen molar-refractivity contribution in [2.24, 2.45) is 0 Å². The van der Waals surface area contributed by atoms with Crippen LogP contribution >= 0.6 is 0 Å². The maximum Gasteiger partial charge on any atom is 2.00 e. The van der Waals surface area contributed by atoms with Gasteiger partial charge in [-0.25, -0.2) is 0 Å². The molecule has 0 rings (SSSR count). The Morgan fingerprint density at radius 2 is 0.800 bits per heavy atom. The Labute approximate surface area is 43.3 Å². The maximum absolute atomic E-state index is 3.00. The van der Waals surface area contributed by atoms with Gasteiger partial charge in [-0.2, -0.15) is 0 Å².